The van der Waals surface area contributed by atoms with Crippen LogP contribution in [0.4, 0.5) is 11.4 Å². The number of phosphoric acid groups is 1. The van der Waals surface area contributed by atoms with Gasteiger partial charge in [0.15, 0.2) is 0 Å². The smallest absolute Gasteiger partial charge is 0.271 e. The SMILES string of the molecule is CCCCCCCCCCCCCCCC(=O)Nc1cc([N+](=O)[O-])ccc1C(C[N+](C)(C)C)OP(=O)([O-])O. The van der Waals surface area contributed by atoms with Gasteiger partial charge < -0.3 is 24.1 Å². The molecule has 1 rings (SSSR count). The molecule has 2 N–H and O–H groups in total. The standard InChI is InChI=1S/C27H48N3O7P/c1-5-6-7-8-9-10-11-12-13-14-15-16-17-18-27(31)28-25-21-23(29(32)33)19-20-24(25)26(22-30(2,3)4)37-38(34,35)36/h19-21,26H,5-18,22H2,1-4H3,(H2-,28,31,34,35,36). The maximum Gasteiger partial charge on any atom is 0.271 e. The molecular formula is C27H48N3O7P. The number of likely N-dealkylation sites (N-methyl/N-ethyl adjacent to an activating group) is 1. The third-order valence-corrected chi connectivity index (χ3v) is 6.87. The molecule has 0 saturated carbocycles. The number of carbonyl (C=O) groups is 1. The molecule has 0 heterocycles. The average Bonchev–Trinajstić information content (AvgIpc) is 2.79. The number of nitro groups is 1. The van der Waals surface area contributed by atoms with Crippen molar-refractivity contribution in [1.29, 1.82) is 0 Å². The molecule has 0 bridgehead atoms. The van der Waals surface area contributed by atoms with Gasteiger partial charge in [0.2, 0.25) is 5.91 Å². The fraction of sp³-hybridized carbons (Fsp3) is 0.741. The second kappa shape index (κ2) is 17.7. The molecule has 0 aliphatic rings. The summed E-state index contributed by atoms with van der Waals surface area (Å²) >= 11 is 0. The molecule has 0 radical (unpaired) electrons. The monoisotopic (exact) mass is 557 g/mol. The van der Waals surface area contributed by atoms with Crippen LogP contribution in [0.3, 0.4) is 0 Å². The Labute approximate surface area is 228 Å². The molecule has 1 aromatic rings. The topological polar surface area (TPSA) is 142 Å². The van der Waals surface area contributed by atoms with Gasteiger partial charge in [-0.3, -0.25) is 19.5 Å². The van der Waals surface area contributed by atoms with Crippen LogP contribution < -0.4 is 10.2 Å². The summed E-state index contributed by atoms with van der Waals surface area (Å²) in [5.41, 5.74) is 0.0987. The average molecular weight is 558 g/mol. The maximum absolute atomic E-state index is 12.6. The number of nitro benzene ring substituents is 1. The number of amides is 1. The van der Waals surface area contributed by atoms with E-state index in [0.29, 0.717) is 6.42 Å². The number of unbranched alkanes of at least 4 members (excludes halogenated alkanes) is 12. The fourth-order valence-electron chi connectivity index (χ4n) is 4.41. The molecule has 0 saturated heterocycles. The van der Waals surface area contributed by atoms with Gasteiger partial charge >= 0.3 is 0 Å². The molecule has 11 heteroatoms. The highest BCUT2D eigenvalue weighted by molar-refractivity contribution is 7.44. The Morgan fingerprint density at radius 1 is 1.00 bits per heavy atom. The lowest BCUT2D eigenvalue weighted by atomic mass is 10.0. The van der Waals surface area contributed by atoms with E-state index in [1.54, 1.807) is 0 Å². The number of nitrogens with one attached hydrogen (secondary N) is 1. The summed E-state index contributed by atoms with van der Waals surface area (Å²) in [5, 5.41) is 14.0. The van der Waals surface area contributed by atoms with E-state index in [1.807, 2.05) is 21.1 Å². The van der Waals surface area contributed by atoms with Gasteiger partial charge in [-0.25, -0.2) is 0 Å². The molecule has 218 valence electrons. The first-order valence-corrected chi connectivity index (χ1v) is 15.4. The highest BCUT2D eigenvalue weighted by atomic mass is 31.2. The predicted octanol–water partition coefficient (Wildman–Crippen LogP) is 6.24. The lowest BCUT2D eigenvalue weighted by molar-refractivity contribution is -0.874. The molecular weight excluding hydrogens is 509 g/mol. The van der Waals surface area contributed by atoms with Crippen molar-refractivity contribution in [2.75, 3.05) is 33.0 Å². The van der Waals surface area contributed by atoms with Crippen LogP contribution in [-0.4, -0.2) is 47.9 Å². The van der Waals surface area contributed by atoms with Gasteiger partial charge in [-0.15, -0.1) is 0 Å². The number of carbonyl (C=O) groups excluding carboxylic acids is 1. The third kappa shape index (κ3) is 16.2. The van der Waals surface area contributed by atoms with Crippen LogP contribution in [0.1, 0.15) is 108 Å². The lowest BCUT2D eigenvalue weighted by Crippen LogP contribution is -2.39. The Bertz CT molecular complexity index is 899. The number of hydrogen-bond donors (Lipinski definition) is 2. The second-order valence-corrected chi connectivity index (χ2v) is 12.3. The molecule has 0 spiro atoms. The minimum atomic E-state index is -5.11. The number of nitrogens with zero attached hydrogens (tertiary/aromatic N) is 2. The zero-order valence-corrected chi connectivity index (χ0v) is 24.5. The summed E-state index contributed by atoms with van der Waals surface area (Å²) in [6.07, 6.45) is 14.6. The zero-order valence-electron chi connectivity index (χ0n) is 23.7. The van der Waals surface area contributed by atoms with Crippen molar-refractivity contribution in [3.05, 3.63) is 33.9 Å². The first-order valence-electron chi connectivity index (χ1n) is 13.9. The quantitative estimate of drug-likeness (QED) is 0.0599. The zero-order chi connectivity index (χ0) is 28.6. The third-order valence-electron chi connectivity index (χ3n) is 6.35. The molecule has 0 aromatic heterocycles. The number of hydrogen-bond acceptors (Lipinski definition) is 6. The van der Waals surface area contributed by atoms with Crippen LogP contribution in [0.2, 0.25) is 0 Å². The van der Waals surface area contributed by atoms with E-state index in [1.165, 1.54) is 76.0 Å². The molecule has 0 aliphatic heterocycles. The van der Waals surface area contributed by atoms with E-state index in [-0.39, 0.29) is 40.3 Å². The number of rotatable bonds is 21. The van der Waals surface area contributed by atoms with E-state index >= 15 is 0 Å². The van der Waals surface area contributed by atoms with Crippen LogP contribution in [0.25, 0.3) is 0 Å². The maximum atomic E-state index is 12.6. The van der Waals surface area contributed by atoms with Crippen molar-refractivity contribution in [3.63, 3.8) is 0 Å². The molecule has 2 atom stereocenters. The van der Waals surface area contributed by atoms with Gasteiger partial charge in [0.1, 0.15) is 12.6 Å². The summed E-state index contributed by atoms with van der Waals surface area (Å²) in [4.78, 5) is 44.2. The highest BCUT2D eigenvalue weighted by Crippen LogP contribution is 2.41. The van der Waals surface area contributed by atoms with E-state index in [9.17, 15) is 29.3 Å². The van der Waals surface area contributed by atoms with Crippen molar-refractivity contribution in [3.8, 4) is 0 Å². The molecule has 1 amide bonds. The van der Waals surface area contributed by atoms with E-state index in [4.69, 9.17) is 4.52 Å². The Hall–Kier alpha value is -1.84. The molecule has 2 unspecified atom stereocenters. The first-order chi connectivity index (χ1) is 17.8. The molecule has 0 fully saturated rings. The van der Waals surface area contributed by atoms with Crippen molar-refractivity contribution in [2.45, 2.75) is 103 Å². The van der Waals surface area contributed by atoms with Gasteiger partial charge in [-0.2, -0.15) is 0 Å². The summed E-state index contributed by atoms with van der Waals surface area (Å²) in [6.45, 7) is 2.36. The minimum Gasteiger partial charge on any atom is -0.756 e. The van der Waals surface area contributed by atoms with Crippen LogP contribution in [-0.2, 0) is 13.9 Å². The summed E-state index contributed by atoms with van der Waals surface area (Å²) in [6, 6.07) is 3.77. The number of quaternary nitrogens is 1. The minimum absolute atomic E-state index is 0.103. The summed E-state index contributed by atoms with van der Waals surface area (Å²) in [7, 11) is 0.313. The molecule has 0 aliphatic carbocycles. The Morgan fingerprint density at radius 2 is 1.50 bits per heavy atom. The highest BCUT2D eigenvalue weighted by Gasteiger charge is 2.28. The van der Waals surface area contributed by atoms with Gasteiger partial charge in [-0.05, 0) is 12.5 Å². The van der Waals surface area contributed by atoms with Crippen LogP contribution in [0.15, 0.2) is 18.2 Å². The van der Waals surface area contributed by atoms with Gasteiger partial charge in [0, 0.05) is 24.1 Å². The number of phosphoric ester groups is 1. The van der Waals surface area contributed by atoms with E-state index in [2.05, 4.69) is 12.2 Å². The molecule has 1 aromatic carbocycles. The van der Waals surface area contributed by atoms with Gasteiger partial charge in [0.05, 0.1) is 31.8 Å². The van der Waals surface area contributed by atoms with Crippen molar-refractivity contribution in [2.24, 2.45) is 0 Å². The number of benzene rings is 1. The number of anilines is 1. The van der Waals surface area contributed by atoms with Crippen molar-refractivity contribution >= 4 is 25.1 Å². The molecule has 10 nitrogen and oxygen atoms in total. The summed E-state index contributed by atoms with van der Waals surface area (Å²) < 4.78 is 16.7. The normalized spacial score (nSPS) is 14.2. The predicted molar refractivity (Wildman–Crippen MR) is 149 cm³/mol. The van der Waals surface area contributed by atoms with Crippen LogP contribution >= 0.6 is 7.82 Å². The van der Waals surface area contributed by atoms with E-state index in [0.717, 1.165) is 19.3 Å². The lowest BCUT2D eigenvalue weighted by Gasteiger charge is -2.32. The van der Waals surface area contributed by atoms with Gasteiger partial charge in [-0.1, -0.05) is 84.0 Å². The second-order valence-electron chi connectivity index (χ2n) is 11.1. The Morgan fingerprint density at radius 3 is 1.95 bits per heavy atom. The van der Waals surface area contributed by atoms with Crippen molar-refractivity contribution < 1.29 is 33.1 Å². The fourth-order valence-corrected chi connectivity index (χ4v) is 4.91. The van der Waals surface area contributed by atoms with Crippen LogP contribution in [0, 0.1) is 10.1 Å². The Kier molecular flexibility index (Phi) is 15.9. The number of non-ortho nitro benzene ring substituents is 1. The Balaban J connectivity index is 2.59. The van der Waals surface area contributed by atoms with Gasteiger partial charge in [0.25, 0.3) is 13.5 Å². The molecule has 38 heavy (non-hydrogen) atoms. The summed E-state index contributed by atoms with van der Waals surface area (Å²) in [5.74, 6) is -0.312. The largest absolute Gasteiger partial charge is 0.756 e. The first kappa shape index (κ1) is 34.2. The van der Waals surface area contributed by atoms with E-state index < -0.39 is 18.8 Å². The van der Waals surface area contributed by atoms with Crippen molar-refractivity contribution in [1.82, 2.24) is 0 Å². The van der Waals surface area contributed by atoms with Crippen LogP contribution in [0.5, 0.6) is 0 Å².